The molecule has 86 valence electrons. The maximum absolute atomic E-state index is 5.43. The summed E-state index contributed by atoms with van der Waals surface area (Å²) in [7, 11) is 1.93. The van der Waals surface area contributed by atoms with Crippen molar-refractivity contribution in [1.29, 1.82) is 0 Å². The predicted octanol–water partition coefficient (Wildman–Crippen LogP) is 3.23. The standard InChI is InChI=1S/C10H12BrN3OS/c1-3-6(12-2)9-13-14-10(16-9)7-4-5-8(11)15-7/h4-6,12H,3H2,1-2H3. The highest BCUT2D eigenvalue weighted by Gasteiger charge is 2.15. The van der Waals surface area contributed by atoms with Gasteiger partial charge in [-0.05, 0) is 41.5 Å². The molecule has 0 fully saturated rings. The van der Waals surface area contributed by atoms with Gasteiger partial charge in [0.05, 0.1) is 6.04 Å². The minimum atomic E-state index is 0.268. The number of hydrogen-bond acceptors (Lipinski definition) is 5. The van der Waals surface area contributed by atoms with Crippen LogP contribution < -0.4 is 5.32 Å². The first-order valence-corrected chi connectivity index (χ1v) is 6.62. The van der Waals surface area contributed by atoms with Gasteiger partial charge < -0.3 is 9.73 Å². The SMILES string of the molecule is CCC(NC)c1nnc(-c2ccc(Br)o2)s1. The number of nitrogens with one attached hydrogen (secondary N) is 1. The third-order valence-electron chi connectivity index (χ3n) is 2.28. The van der Waals surface area contributed by atoms with Crippen LogP contribution in [0.15, 0.2) is 21.2 Å². The van der Waals surface area contributed by atoms with Crippen molar-refractivity contribution in [1.82, 2.24) is 15.5 Å². The molecule has 0 aromatic carbocycles. The fourth-order valence-electron chi connectivity index (χ4n) is 1.41. The average molecular weight is 302 g/mol. The Labute approximate surface area is 106 Å². The fourth-order valence-corrected chi connectivity index (χ4v) is 2.71. The number of hydrogen-bond donors (Lipinski definition) is 1. The second-order valence-electron chi connectivity index (χ2n) is 3.30. The molecule has 1 unspecified atom stereocenters. The number of nitrogens with zero attached hydrogens (tertiary/aromatic N) is 2. The van der Waals surface area contributed by atoms with E-state index in [2.05, 4.69) is 38.4 Å². The molecule has 2 heterocycles. The normalized spacial score (nSPS) is 12.9. The van der Waals surface area contributed by atoms with Crippen molar-refractivity contribution in [2.45, 2.75) is 19.4 Å². The largest absolute Gasteiger partial charge is 0.447 e. The van der Waals surface area contributed by atoms with Crippen LogP contribution in [0.4, 0.5) is 0 Å². The van der Waals surface area contributed by atoms with Crippen molar-refractivity contribution in [3.63, 3.8) is 0 Å². The highest BCUT2D eigenvalue weighted by atomic mass is 79.9. The van der Waals surface area contributed by atoms with E-state index >= 15 is 0 Å². The van der Waals surface area contributed by atoms with Crippen LogP contribution in [0.1, 0.15) is 24.4 Å². The molecular formula is C10H12BrN3OS. The molecule has 0 amide bonds. The second-order valence-corrected chi connectivity index (χ2v) is 5.09. The Morgan fingerprint density at radius 2 is 2.31 bits per heavy atom. The summed E-state index contributed by atoms with van der Waals surface area (Å²) in [5, 5.41) is 13.3. The lowest BCUT2D eigenvalue weighted by molar-refractivity contribution is 0.553. The molecule has 0 aliphatic heterocycles. The van der Waals surface area contributed by atoms with Crippen LogP contribution >= 0.6 is 27.3 Å². The summed E-state index contributed by atoms with van der Waals surface area (Å²) in [6.07, 6.45) is 0.993. The molecule has 4 nitrogen and oxygen atoms in total. The zero-order chi connectivity index (χ0) is 11.5. The Morgan fingerprint density at radius 1 is 1.50 bits per heavy atom. The highest BCUT2D eigenvalue weighted by Crippen LogP contribution is 2.30. The molecule has 1 N–H and O–H groups in total. The molecule has 2 aromatic heterocycles. The van der Waals surface area contributed by atoms with Crippen molar-refractivity contribution in [3.8, 4) is 10.8 Å². The monoisotopic (exact) mass is 301 g/mol. The van der Waals surface area contributed by atoms with Crippen molar-refractivity contribution in [2.24, 2.45) is 0 Å². The summed E-state index contributed by atoms with van der Waals surface area (Å²) in [4.78, 5) is 0. The first kappa shape index (κ1) is 11.8. The lowest BCUT2D eigenvalue weighted by Gasteiger charge is -2.07. The van der Waals surface area contributed by atoms with Crippen molar-refractivity contribution < 1.29 is 4.42 Å². The molecule has 0 spiro atoms. The fraction of sp³-hybridized carbons (Fsp3) is 0.400. The van der Waals surface area contributed by atoms with E-state index in [1.807, 2.05) is 19.2 Å². The van der Waals surface area contributed by atoms with E-state index in [1.165, 1.54) is 0 Å². The third kappa shape index (κ3) is 2.34. The van der Waals surface area contributed by atoms with E-state index in [9.17, 15) is 0 Å². The smallest absolute Gasteiger partial charge is 0.183 e. The van der Waals surface area contributed by atoms with Gasteiger partial charge in [-0.2, -0.15) is 0 Å². The molecule has 0 saturated carbocycles. The van der Waals surface area contributed by atoms with Crippen LogP contribution in [0.25, 0.3) is 10.8 Å². The first-order chi connectivity index (χ1) is 7.74. The maximum atomic E-state index is 5.43. The summed E-state index contributed by atoms with van der Waals surface area (Å²) in [6.45, 7) is 2.12. The Bertz CT molecular complexity index is 464. The second kappa shape index (κ2) is 5.07. The summed E-state index contributed by atoms with van der Waals surface area (Å²) >= 11 is 4.83. The molecular weight excluding hydrogens is 290 g/mol. The summed E-state index contributed by atoms with van der Waals surface area (Å²) in [5.41, 5.74) is 0. The third-order valence-corrected chi connectivity index (χ3v) is 3.76. The molecule has 0 aliphatic rings. The van der Waals surface area contributed by atoms with Crippen LogP contribution in [-0.4, -0.2) is 17.2 Å². The van der Waals surface area contributed by atoms with Crippen molar-refractivity contribution in [2.75, 3.05) is 7.05 Å². The van der Waals surface area contributed by atoms with Gasteiger partial charge in [0.2, 0.25) is 0 Å². The van der Waals surface area contributed by atoms with Gasteiger partial charge in [-0.1, -0.05) is 18.3 Å². The van der Waals surface area contributed by atoms with E-state index in [-0.39, 0.29) is 6.04 Å². The molecule has 6 heteroatoms. The van der Waals surface area contributed by atoms with Gasteiger partial charge in [0.1, 0.15) is 5.01 Å². The minimum absolute atomic E-state index is 0.268. The van der Waals surface area contributed by atoms with E-state index in [0.717, 1.165) is 22.2 Å². The summed E-state index contributed by atoms with van der Waals surface area (Å²) in [6, 6.07) is 4.00. The number of halogens is 1. The Balaban J connectivity index is 2.25. The lowest BCUT2D eigenvalue weighted by atomic mass is 10.2. The van der Waals surface area contributed by atoms with Crippen LogP contribution in [0.5, 0.6) is 0 Å². The lowest BCUT2D eigenvalue weighted by Crippen LogP contribution is -2.14. The molecule has 1 atom stereocenters. The van der Waals surface area contributed by atoms with Gasteiger partial charge in [-0.3, -0.25) is 0 Å². The van der Waals surface area contributed by atoms with Crippen LogP contribution in [0.3, 0.4) is 0 Å². The highest BCUT2D eigenvalue weighted by molar-refractivity contribution is 9.10. The Kier molecular flexibility index (Phi) is 3.73. The Hall–Kier alpha value is -0.720. The summed E-state index contributed by atoms with van der Waals surface area (Å²) in [5.74, 6) is 0.751. The zero-order valence-electron chi connectivity index (χ0n) is 9.03. The van der Waals surface area contributed by atoms with Gasteiger partial charge in [-0.15, -0.1) is 10.2 Å². The number of aromatic nitrogens is 2. The Morgan fingerprint density at radius 3 is 2.88 bits per heavy atom. The predicted molar refractivity (Wildman–Crippen MR) is 67.4 cm³/mol. The molecule has 2 aromatic rings. The number of furan rings is 1. The minimum Gasteiger partial charge on any atom is -0.447 e. The van der Waals surface area contributed by atoms with E-state index in [4.69, 9.17) is 4.42 Å². The van der Waals surface area contributed by atoms with Crippen molar-refractivity contribution in [3.05, 3.63) is 21.8 Å². The quantitative estimate of drug-likeness (QED) is 0.942. The van der Waals surface area contributed by atoms with Crippen LogP contribution in [0.2, 0.25) is 0 Å². The van der Waals surface area contributed by atoms with Gasteiger partial charge >= 0.3 is 0 Å². The molecule has 0 saturated heterocycles. The molecule has 2 rings (SSSR count). The van der Waals surface area contributed by atoms with E-state index in [1.54, 1.807) is 11.3 Å². The average Bonchev–Trinajstić information content (AvgIpc) is 2.89. The van der Waals surface area contributed by atoms with Crippen molar-refractivity contribution >= 4 is 27.3 Å². The zero-order valence-corrected chi connectivity index (χ0v) is 11.4. The summed E-state index contributed by atoms with van der Waals surface area (Å²) < 4.78 is 6.14. The topological polar surface area (TPSA) is 51.0 Å². The van der Waals surface area contributed by atoms with Gasteiger partial charge in [0, 0.05) is 0 Å². The van der Waals surface area contributed by atoms with Gasteiger partial charge in [0.25, 0.3) is 0 Å². The van der Waals surface area contributed by atoms with Crippen LogP contribution in [0, 0.1) is 0 Å². The van der Waals surface area contributed by atoms with Gasteiger partial charge in [0.15, 0.2) is 15.4 Å². The molecule has 16 heavy (non-hydrogen) atoms. The van der Waals surface area contributed by atoms with Crippen LogP contribution in [-0.2, 0) is 0 Å². The first-order valence-electron chi connectivity index (χ1n) is 5.01. The number of rotatable bonds is 4. The van der Waals surface area contributed by atoms with E-state index in [0.29, 0.717) is 4.67 Å². The van der Waals surface area contributed by atoms with E-state index < -0.39 is 0 Å². The molecule has 0 radical (unpaired) electrons. The maximum Gasteiger partial charge on any atom is 0.183 e. The van der Waals surface area contributed by atoms with Gasteiger partial charge in [-0.25, -0.2) is 0 Å². The molecule has 0 bridgehead atoms. The molecule has 0 aliphatic carbocycles.